The number of carbonyl (C=O) groups excluding carboxylic acids is 1. The fourth-order valence-corrected chi connectivity index (χ4v) is 0.832. The van der Waals surface area contributed by atoms with Crippen LogP contribution >= 0.6 is 0 Å². The number of nitrogens with one attached hydrogen (secondary N) is 2. The first-order valence-electron chi connectivity index (χ1n) is 3.78. The Balaban J connectivity index is 2.63. The van der Waals surface area contributed by atoms with Crippen molar-refractivity contribution in [3.05, 3.63) is 24.3 Å². The fraction of sp³-hybridized carbons (Fsp3) is 0.250. The van der Waals surface area contributed by atoms with Gasteiger partial charge in [0.25, 0.3) is 0 Å². The van der Waals surface area contributed by atoms with Crippen LogP contribution in [0.5, 0.6) is 0 Å². The van der Waals surface area contributed by atoms with Crippen molar-refractivity contribution in [3.8, 4) is 0 Å². The van der Waals surface area contributed by atoms with Gasteiger partial charge in [-0.1, -0.05) is 0 Å². The second kappa shape index (κ2) is 4.51. The van der Waals surface area contributed by atoms with Crippen molar-refractivity contribution in [2.24, 2.45) is 0 Å². The lowest BCUT2D eigenvalue weighted by molar-refractivity contribution is -0.115. The molecule has 0 bridgehead atoms. The molecule has 0 aliphatic rings. The topological polar surface area (TPSA) is 54.0 Å². The monoisotopic (exact) mass is 183 g/mol. The molecule has 1 aromatic rings. The highest BCUT2D eigenvalue weighted by molar-refractivity contribution is 5.92. The van der Waals surface area contributed by atoms with E-state index in [2.05, 4.69) is 15.6 Å². The summed E-state index contributed by atoms with van der Waals surface area (Å²) in [6.45, 7) is 0.155. The predicted octanol–water partition coefficient (Wildman–Crippen LogP) is 0.379. The highest BCUT2D eigenvalue weighted by atomic mass is 19.1. The Morgan fingerprint density at radius 2 is 2.46 bits per heavy atom. The number of hydrogen-bond donors (Lipinski definition) is 2. The highest BCUT2D eigenvalue weighted by Gasteiger charge is 2.04. The maximum atomic E-state index is 12.9. The van der Waals surface area contributed by atoms with Crippen molar-refractivity contribution in [2.75, 3.05) is 18.9 Å². The zero-order valence-electron chi connectivity index (χ0n) is 7.17. The molecule has 0 spiro atoms. The third kappa shape index (κ3) is 2.79. The second-order valence-corrected chi connectivity index (χ2v) is 2.43. The Bertz CT molecular complexity index is 303. The number of hydrogen-bond acceptors (Lipinski definition) is 3. The normalized spacial score (nSPS) is 9.69. The molecular formula is C8H10FN3O. The van der Waals surface area contributed by atoms with E-state index in [1.807, 2.05) is 0 Å². The Hall–Kier alpha value is -1.49. The first-order valence-corrected chi connectivity index (χ1v) is 3.78. The van der Waals surface area contributed by atoms with Gasteiger partial charge in [0.2, 0.25) is 5.91 Å². The lowest BCUT2D eigenvalue weighted by Gasteiger charge is -2.04. The van der Waals surface area contributed by atoms with E-state index in [1.165, 1.54) is 12.3 Å². The van der Waals surface area contributed by atoms with E-state index in [0.29, 0.717) is 0 Å². The molecule has 1 amide bonds. The quantitative estimate of drug-likeness (QED) is 0.712. The Morgan fingerprint density at radius 1 is 1.69 bits per heavy atom. The number of carbonyl (C=O) groups is 1. The molecule has 0 aromatic carbocycles. The largest absolute Gasteiger partial charge is 0.322 e. The van der Waals surface area contributed by atoms with Gasteiger partial charge in [-0.2, -0.15) is 0 Å². The molecule has 0 saturated heterocycles. The van der Waals surface area contributed by atoms with Gasteiger partial charge in [0.15, 0.2) is 5.82 Å². The van der Waals surface area contributed by atoms with Crippen LogP contribution in [0.1, 0.15) is 0 Å². The molecule has 1 rings (SSSR count). The smallest absolute Gasteiger partial charge is 0.238 e. The summed E-state index contributed by atoms with van der Waals surface area (Å²) < 4.78 is 12.9. The Morgan fingerprint density at radius 3 is 3.08 bits per heavy atom. The summed E-state index contributed by atoms with van der Waals surface area (Å²) in [5.41, 5.74) is 0.148. The van der Waals surface area contributed by atoms with Gasteiger partial charge >= 0.3 is 0 Å². The molecule has 2 N–H and O–H groups in total. The molecule has 0 atom stereocenters. The molecular weight excluding hydrogens is 173 g/mol. The summed E-state index contributed by atoms with van der Waals surface area (Å²) in [4.78, 5) is 14.6. The molecule has 0 radical (unpaired) electrons. The van der Waals surface area contributed by atoms with E-state index < -0.39 is 5.82 Å². The average Bonchev–Trinajstić information content (AvgIpc) is 2.09. The van der Waals surface area contributed by atoms with E-state index in [-0.39, 0.29) is 18.1 Å². The number of aromatic nitrogens is 1. The Kier molecular flexibility index (Phi) is 3.33. The van der Waals surface area contributed by atoms with Crippen LogP contribution in [0.15, 0.2) is 18.5 Å². The molecule has 0 unspecified atom stereocenters. The maximum absolute atomic E-state index is 12.9. The van der Waals surface area contributed by atoms with Gasteiger partial charge < -0.3 is 10.6 Å². The second-order valence-electron chi connectivity index (χ2n) is 2.43. The molecule has 70 valence electrons. The zero-order chi connectivity index (χ0) is 9.68. The van der Waals surface area contributed by atoms with E-state index in [0.717, 1.165) is 6.20 Å². The van der Waals surface area contributed by atoms with Gasteiger partial charge in [-0.3, -0.25) is 9.78 Å². The van der Waals surface area contributed by atoms with Crippen LogP contribution in [0.4, 0.5) is 10.1 Å². The Labute approximate surface area is 75.2 Å². The van der Waals surface area contributed by atoms with Crippen molar-refractivity contribution in [3.63, 3.8) is 0 Å². The van der Waals surface area contributed by atoms with Gasteiger partial charge in [0.1, 0.15) is 0 Å². The van der Waals surface area contributed by atoms with Crippen molar-refractivity contribution in [1.82, 2.24) is 10.3 Å². The third-order valence-electron chi connectivity index (χ3n) is 1.38. The summed E-state index contributed by atoms with van der Waals surface area (Å²) in [6, 6.07) is 1.41. The summed E-state index contributed by atoms with van der Waals surface area (Å²) in [5, 5.41) is 5.05. The molecule has 1 aromatic heterocycles. The maximum Gasteiger partial charge on any atom is 0.238 e. The summed E-state index contributed by atoms with van der Waals surface area (Å²) >= 11 is 0. The average molecular weight is 183 g/mol. The van der Waals surface area contributed by atoms with E-state index in [9.17, 15) is 9.18 Å². The summed E-state index contributed by atoms with van der Waals surface area (Å²) in [6.07, 6.45) is 2.47. The van der Waals surface area contributed by atoms with E-state index in [1.54, 1.807) is 7.05 Å². The number of halogens is 1. The predicted molar refractivity (Wildman–Crippen MR) is 46.8 cm³/mol. The minimum Gasteiger partial charge on any atom is -0.322 e. The van der Waals surface area contributed by atoms with Crippen molar-refractivity contribution in [2.45, 2.75) is 0 Å². The molecule has 0 aliphatic carbocycles. The van der Waals surface area contributed by atoms with Crippen LogP contribution in [0.25, 0.3) is 0 Å². The minimum absolute atomic E-state index is 0.148. The number of likely N-dealkylation sites (N-methyl/N-ethyl adjacent to an activating group) is 1. The number of nitrogens with zero attached hydrogens (tertiary/aromatic N) is 1. The standard InChI is InChI=1S/C8H10FN3O/c1-10-5-8(13)12-7-2-3-11-4-6(7)9/h2-4,10H,5H2,1H3,(H,11,12,13). The highest BCUT2D eigenvalue weighted by Crippen LogP contribution is 2.09. The van der Waals surface area contributed by atoms with Gasteiger partial charge in [-0.05, 0) is 13.1 Å². The van der Waals surface area contributed by atoms with Crippen LogP contribution in [-0.4, -0.2) is 24.5 Å². The van der Waals surface area contributed by atoms with Crippen LogP contribution in [0.3, 0.4) is 0 Å². The van der Waals surface area contributed by atoms with Crippen molar-refractivity contribution >= 4 is 11.6 Å². The number of amides is 1. The van der Waals surface area contributed by atoms with E-state index >= 15 is 0 Å². The molecule has 0 aliphatic heterocycles. The SMILES string of the molecule is CNCC(=O)Nc1ccncc1F. The zero-order valence-corrected chi connectivity index (χ0v) is 7.17. The van der Waals surface area contributed by atoms with Gasteiger partial charge in [-0.15, -0.1) is 0 Å². The number of pyridine rings is 1. The lowest BCUT2D eigenvalue weighted by atomic mass is 10.4. The number of rotatable bonds is 3. The van der Waals surface area contributed by atoms with Crippen molar-refractivity contribution in [1.29, 1.82) is 0 Å². The molecule has 1 heterocycles. The number of anilines is 1. The van der Waals surface area contributed by atoms with Gasteiger partial charge in [-0.25, -0.2) is 4.39 Å². The minimum atomic E-state index is -0.535. The molecule has 13 heavy (non-hydrogen) atoms. The van der Waals surface area contributed by atoms with E-state index in [4.69, 9.17) is 0 Å². The van der Waals surface area contributed by atoms with Crippen LogP contribution in [0, 0.1) is 5.82 Å². The van der Waals surface area contributed by atoms with Crippen LogP contribution in [0.2, 0.25) is 0 Å². The molecule has 0 saturated carbocycles. The van der Waals surface area contributed by atoms with Crippen LogP contribution in [-0.2, 0) is 4.79 Å². The summed E-state index contributed by atoms with van der Waals surface area (Å²) in [7, 11) is 1.64. The first kappa shape index (κ1) is 9.60. The molecule has 4 nitrogen and oxygen atoms in total. The van der Waals surface area contributed by atoms with Crippen molar-refractivity contribution < 1.29 is 9.18 Å². The van der Waals surface area contributed by atoms with Gasteiger partial charge in [0, 0.05) is 6.20 Å². The first-order chi connectivity index (χ1) is 6.24. The summed E-state index contributed by atoms with van der Waals surface area (Å²) in [5.74, 6) is -0.820. The molecule has 0 fully saturated rings. The third-order valence-corrected chi connectivity index (χ3v) is 1.38. The lowest BCUT2D eigenvalue weighted by Crippen LogP contribution is -2.25. The van der Waals surface area contributed by atoms with Crippen LogP contribution < -0.4 is 10.6 Å². The fourth-order valence-electron chi connectivity index (χ4n) is 0.832. The molecule has 5 heteroatoms. The van der Waals surface area contributed by atoms with Gasteiger partial charge in [0.05, 0.1) is 18.4 Å².